The summed E-state index contributed by atoms with van der Waals surface area (Å²) < 4.78 is 0. The minimum atomic E-state index is -0.565. The van der Waals surface area contributed by atoms with Crippen LogP contribution in [-0.2, 0) is 0 Å². The highest BCUT2D eigenvalue weighted by Gasteiger charge is 2.06. The van der Waals surface area contributed by atoms with Crippen LogP contribution < -0.4 is 16.2 Å². The fourth-order valence-electron chi connectivity index (χ4n) is 1.38. The molecule has 0 unspecified atom stereocenters. The second-order valence-corrected chi connectivity index (χ2v) is 4.22. The number of hydrogen-bond donors (Lipinski definition) is 3. The van der Waals surface area contributed by atoms with Gasteiger partial charge in [0.05, 0.1) is 5.56 Å². The van der Waals surface area contributed by atoms with Gasteiger partial charge in [0.15, 0.2) is 0 Å². The Kier molecular flexibility index (Phi) is 4.52. The van der Waals surface area contributed by atoms with Crippen LogP contribution in [0.15, 0.2) is 48.8 Å². The lowest BCUT2D eigenvalue weighted by atomic mass is 10.3. The number of aromatic nitrogens is 1. The number of hydrogen-bond acceptors (Lipinski definition) is 3. The van der Waals surface area contributed by atoms with Crippen LogP contribution in [0.5, 0.6) is 0 Å². The number of carbonyl (C=O) groups is 2. The SMILES string of the molecule is O=C(NNC(=O)c1cccnc1)Nc1ccc(Cl)cc1. The highest BCUT2D eigenvalue weighted by atomic mass is 35.5. The summed E-state index contributed by atoms with van der Waals surface area (Å²) in [5, 5.41) is 3.11. The summed E-state index contributed by atoms with van der Waals surface area (Å²) in [4.78, 5) is 27.0. The quantitative estimate of drug-likeness (QED) is 0.742. The van der Waals surface area contributed by atoms with Gasteiger partial charge in [-0.1, -0.05) is 11.6 Å². The molecule has 1 aromatic heterocycles. The van der Waals surface area contributed by atoms with Crippen molar-refractivity contribution in [3.05, 3.63) is 59.4 Å². The zero-order valence-electron chi connectivity index (χ0n) is 10.3. The minimum Gasteiger partial charge on any atom is -0.307 e. The Labute approximate surface area is 120 Å². The first-order valence-corrected chi connectivity index (χ1v) is 6.06. The van der Waals surface area contributed by atoms with Gasteiger partial charge in [-0.15, -0.1) is 0 Å². The van der Waals surface area contributed by atoms with Gasteiger partial charge in [-0.3, -0.25) is 15.2 Å². The van der Waals surface area contributed by atoms with Gasteiger partial charge in [0, 0.05) is 23.1 Å². The maximum absolute atomic E-state index is 11.6. The van der Waals surface area contributed by atoms with Crippen LogP contribution in [0.2, 0.25) is 5.02 Å². The summed E-state index contributed by atoms with van der Waals surface area (Å²) in [7, 11) is 0. The number of amides is 3. The lowest BCUT2D eigenvalue weighted by Crippen LogP contribution is -2.43. The van der Waals surface area contributed by atoms with Gasteiger partial charge >= 0.3 is 6.03 Å². The largest absolute Gasteiger partial charge is 0.337 e. The summed E-state index contributed by atoms with van der Waals surface area (Å²) in [5.74, 6) is -0.454. The highest BCUT2D eigenvalue weighted by molar-refractivity contribution is 6.30. The van der Waals surface area contributed by atoms with Gasteiger partial charge in [0.2, 0.25) is 0 Å². The highest BCUT2D eigenvalue weighted by Crippen LogP contribution is 2.12. The van der Waals surface area contributed by atoms with E-state index >= 15 is 0 Å². The van der Waals surface area contributed by atoms with Crippen LogP contribution in [-0.4, -0.2) is 16.9 Å². The Morgan fingerprint density at radius 2 is 1.80 bits per heavy atom. The van der Waals surface area contributed by atoms with E-state index in [1.807, 2.05) is 0 Å². The smallest absolute Gasteiger partial charge is 0.307 e. The van der Waals surface area contributed by atoms with E-state index in [1.165, 1.54) is 6.20 Å². The third-order valence-corrected chi connectivity index (χ3v) is 2.57. The molecule has 0 fully saturated rings. The molecule has 6 nitrogen and oxygen atoms in total. The Balaban J connectivity index is 1.83. The van der Waals surface area contributed by atoms with E-state index in [9.17, 15) is 9.59 Å². The molecular formula is C13H11ClN4O2. The number of carbonyl (C=O) groups excluding carboxylic acids is 2. The van der Waals surface area contributed by atoms with E-state index < -0.39 is 11.9 Å². The monoisotopic (exact) mass is 290 g/mol. The van der Waals surface area contributed by atoms with Gasteiger partial charge < -0.3 is 5.32 Å². The predicted octanol–water partition coefficient (Wildman–Crippen LogP) is 2.20. The second kappa shape index (κ2) is 6.53. The third kappa shape index (κ3) is 3.96. The van der Waals surface area contributed by atoms with Gasteiger partial charge in [-0.25, -0.2) is 10.2 Å². The molecule has 1 heterocycles. The van der Waals surface area contributed by atoms with Crippen LogP contribution in [0, 0.1) is 0 Å². The van der Waals surface area contributed by atoms with Crippen molar-refractivity contribution in [3.8, 4) is 0 Å². The average Bonchev–Trinajstić information content (AvgIpc) is 2.48. The second-order valence-electron chi connectivity index (χ2n) is 3.78. The lowest BCUT2D eigenvalue weighted by molar-refractivity contribution is 0.0937. The van der Waals surface area contributed by atoms with Crippen molar-refractivity contribution in [2.24, 2.45) is 0 Å². The van der Waals surface area contributed by atoms with Crippen LogP contribution in [0.3, 0.4) is 0 Å². The summed E-state index contributed by atoms with van der Waals surface area (Å²) >= 11 is 5.73. The van der Waals surface area contributed by atoms with E-state index in [0.29, 0.717) is 16.3 Å². The molecule has 7 heteroatoms. The van der Waals surface area contributed by atoms with Crippen LogP contribution >= 0.6 is 11.6 Å². The van der Waals surface area contributed by atoms with E-state index in [2.05, 4.69) is 21.2 Å². The van der Waals surface area contributed by atoms with Crippen molar-refractivity contribution in [2.75, 3.05) is 5.32 Å². The first kappa shape index (κ1) is 13.8. The fraction of sp³-hybridized carbons (Fsp3) is 0. The van der Waals surface area contributed by atoms with Crippen molar-refractivity contribution in [1.82, 2.24) is 15.8 Å². The Hall–Kier alpha value is -2.60. The molecule has 3 N–H and O–H groups in total. The molecule has 0 aliphatic rings. The summed E-state index contributed by atoms with van der Waals surface area (Å²) in [6, 6.07) is 9.22. The molecule has 20 heavy (non-hydrogen) atoms. The molecule has 0 aliphatic heterocycles. The van der Waals surface area contributed by atoms with Crippen molar-refractivity contribution in [2.45, 2.75) is 0 Å². The summed E-state index contributed by atoms with van der Waals surface area (Å²) in [5.41, 5.74) is 5.40. The average molecular weight is 291 g/mol. The van der Waals surface area contributed by atoms with E-state index in [0.717, 1.165) is 0 Å². The van der Waals surface area contributed by atoms with Gasteiger partial charge in [0.25, 0.3) is 5.91 Å². The molecule has 0 aliphatic carbocycles. The molecule has 3 amide bonds. The molecule has 0 spiro atoms. The molecule has 2 aromatic rings. The standard InChI is InChI=1S/C13H11ClN4O2/c14-10-3-5-11(6-4-10)16-13(20)18-17-12(19)9-2-1-7-15-8-9/h1-8H,(H,17,19)(H2,16,18,20). The molecule has 0 bridgehead atoms. The zero-order valence-corrected chi connectivity index (χ0v) is 11.0. The van der Waals surface area contributed by atoms with Gasteiger partial charge in [-0.2, -0.15) is 0 Å². The minimum absolute atomic E-state index is 0.347. The van der Waals surface area contributed by atoms with Crippen LogP contribution in [0.4, 0.5) is 10.5 Å². The summed E-state index contributed by atoms with van der Waals surface area (Å²) in [6.07, 6.45) is 2.95. The molecular weight excluding hydrogens is 280 g/mol. The molecule has 0 saturated carbocycles. The van der Waals surface area contributed by atoms with Crippen LogP contribution in [0.25, 0.3) is 0 Å². The first-order valence-electron chi connectivity index (χ1n) is 5.68. The number of nitrogens with zero attached hydrogens (tertiary/aromatic N) is 1. The normalized spacial score (nSPS) is 9.65. The number of pyridine rings is 1. The number of halogens is 1. The van der Waals surface area contributed by atoms with Crippen molar-refractivity contribution in [3.63, 3.8) is 0 Å². The van der Waals surface area contributed by atoms with Crippen molar-refractivity contribution >= 4 is 29.2 Å². The maximum atomic E-state index is 11.6. The van der Waals surface area contributed by atoms with Crippen molar-refractivity contribution in [1.29, 1.82) is 0 Å². The number of rotatable bonds is 2. The van der Waals surface area contributed by atoms with Gasteiger partial charge in [0.1, 0.15) is 0 Å². The van der Waals surface area contributed by atoms with E-state index in [-0.39, 0.29) is 0 Å². The molecule has 102 valence electrons. The topological polar surface area (TPSA) is 83.1 Å². The zero-order chi connectivity index (χ0) is 14.4. The predicted molar refractivity (Wildman–Crippen MR) is 75.3 cm³/mol. The number of urea groups is 1. The molecule has 0 atom stereocenters. The third-order valence-electron chi connectivity index (χ3n) is 2.32. The molecule has 1 aromatic carbocycles. The Bertz CT molecular complexity index is 602. The lowest BCUT2D eigenvalue weighted by Gasteiger charge is -2.08. The number of hydrazine groups is 1. The fourth-order valence-corrected chi connectivity index (χ4v) is 1.50. The molecule has 0 saturated heterocycles. The van der Waals surface area contributed by atoms with Gasteiger partial charge in [-0.05, 0) is 36.4 Å². The summed E-state index contributed by atoms with van der Waals surface area (Å²) in [6.45, 7) is 0. The molecule has 2 rings (SSSR count). The number of benzene rings is 1. The Morgan fingerprint density at radius 3 is 2.45 bits per heavy atom. The number of anilines is 1. The first-order chi connectivity index (χ1) is 9.65. The van der Waals surface area contributed by atoms with E-state index in [4.69, 9.17) is 11.6 Å². The van der Waals surface area contributed by atoms with E-state index in [1.54, 1.807) is 42.6 Å². The van der Waals surface area contributed by atoms with Crippen LogP contribution in [0.1, 0.15) is 10.4 Å². The maximum Gasteiger partial charge on any atom is 0.337 e. The van der Waals surface area contributed by atoms with Crippen molar-refractivity contribution < 1.29 is 9.59 Å². The molecule has 0 radical (unpaired) electrons. The Morgan fingerprint density at radius 1 is 1.05 bits per heavy atom. The number of nitrogens with one attached hydrogen (secondary N) is 3.